The van der Waals surface area contributed by atoms with Gasteiger partial charge in [-0.3, -0.25) is 9.59 Å². The summed E-state index contributed by atoms with van der Waals surface area (Å²) in [6.07, 6.45) is 4.32. The van der Waals surface area contributed by atoms with Crippen molar-refractivity contribution in [3.8, 4) is 0 Å². The van der Waals surface area contributed by atoms with Crippen LogP contribution in [0.5, 0.6) is 0 Å². The van der Waals surface area contributed by atoms with Crippen LogP contribution in [0.2, 0.25) is 0 Å². The van der Waals surface area contributed by atoms with E-state index in [1.165, 1.54) is 0 Å². The molecule has 4 atom stereocenters. The smallest absolute Gasteiger partial charge is 0.308 e. The largest absolute Gasteiger partial charge is 0.481 e. The number of carboxylic acids is 1. The predicted molar refractivity (Wildman–Crippen MR) is 62.1 cm³/mol. The van der Waals surface area contributed by atoms with E-state index in [1.807, 2.05) is 19.1 Å². The summed E-state index contributed by atoms with van der Waals surface area (Å²) in [4.78, 5) is 24.8. The highest BCUT2D eigenvalue weighted by Gasteiger charge is 2.39. The number of amides is 1. The van der Waals surface area contributed by atoms with Gasteiger partial charge in [-0.1, -0.05) is 19.1 Å². The fourth-order valence-corrected chi connectivity index (χ4v) is 2.61. The molecule has 0 radical (unpaired) electrons. The molecule has 2 rings (SSSR count). The van der Waals surface area contributed by atoms with Gasteiger partial charge in [0, 0.05) is 19.1 Å². The fraction of sp³-hybridized carbons (Fsp3) is 0.667. The number of nitrogens with zero attached hydrogens (tertiary/aromatic N) is 1. The van der Waals surface area contributed by atoms with E-state index in [2.05, 4.69) is 0 Å². The third kappa shape index (κ3) is 2.34. The van der Waals surface area contributed by atoms with Gasteiger partial charge >= 0.3 is 5.97 Å². The number of carbonyl (C=O) groups excluding carboxylic acids is 1. The van der Waals surface area contributed by atoms with E-state index in [4.69, 9.17) is 10.8 Å². The number of rotatable bonds is 2. The van der Waals surface area contributed by atoms with Crippen LogP contribution in [0.1, 0.15) is 13.3 Å². The van der Waals surface area contributed by atoms with Crippen molar-refractivity contribution in [2.45, 2.75) is 19.4 Å². The predicted octanol–water partition coefficient (Wildman–Crippen LogP) is 0.0689. The Labute approximate surface area is 100 Å². The van der Waals surface area contributed by atoms with E-state index in [0.717, 1.165) is 0 Å². The third-order valence-electron chi connectivity index (χ3n) is 3.68. The lowest BCUT2D eigenvalue weighted by atomic mass is 9.99. The molecule has 17 heavy (non-hydrogen) atoms. The van der Waals surface area contributed by atoms with Crippen molar-refractivity contribution in [3.63, 3.8) is 0 Å². The van der Waals surface area contributed by atoms with E-state index in [1.54, 1.807) is 4.90 Å². The van der Waals surface area contributed by atoms with Crippen molar-refractivity contribution in [1.82, 2.24) is 4.90 Å². The van der Waals surface area contributed by atoms with E-state index in [0.29, 0.717) is 19.5 Å². The molecule has 3 N–H and O–H groups in total. The van der Waals surface area contributed by atoms with Crippen LogP contribution in [0.3, 0.4) is 0 Å². The highest BCUT2D eigenvalue weighted by molar-refractivity contribution is 5.83. The summed E-state index contributed by atoms with van der Waals surface area (Å²) in [5.41, 5.74) is 5.71. The molecule has 0 aromatic heterocycles. The van der Waals surface area contributed by atoms with Crippen LogP contribution in [-0.4, -0.2) is 41.0 Å². The molecule has 1 heterocycles. The van der Waals surface area contributed by atoms with Crippen LogP contribution in [-0.2, 0) is 9.59 Å². The number of aliphatic carboxylic acids is 1. The molecule has 1 aliphatic carbocycles. The molecular formula is C12H18N2O3. The second kappa shape index (κ2) is 4.49. The maximum Gasteiger partial charge on any atom is 0.308 e. The first-order valence-corrected chi connectivity index (χ1v) is 5.94. The van der Waals surface area contributed by atoms with Crippen molar-refractivity contribution in [2.75, 3.05) is 13.1 Å². The number of carbonyl (C=O) groups is 2. The molecule has 1 aliphatic heterocycles. The van der Waals surface area contributed by atoms with E-state index >= 15 is 0 Å². The molecule has 2 aliphatic rings. The average molecular weight is 238 g/mol. The molecule has 0 saturated carbocycles. The molecule has 1 saturated heterocycles. The van der Waals surface area contributed by atoms with Gasteiger partial charge in [0.2, 0.25) is 5.91 Å². The highest BCUT2D eigenvalue weighted by Crippen LogP contribution is 2.27. The van der Waals surface area contributed by atoms with Crippen LogP contribution in [0, 0.1) is 17.8 Å². The molecule has 1 amide bonds. The van der Waals surface area contributed by atoms with Gasteiger partial charge in [0.05, 0.1) is 11.8 Å². The van der Waals surface area contributed by atoms with Gasteiger partial charge in [-0.2, -0.15) is 0 Å². The van der Waals surface area contributed by atoms with Crippen LogP contribution in [0.25, 0.3) is 0 Å². The number of hydrogen-bond acceptors (Lipinski definition) is 3. The van der Waals surface area contributed by atoms with Gasteiger partial charge in [-0.15, -0.1) is 0 Å². The molecule has 2 unspecified atom stereocenters. The Bertz CT molecular complexity index is 367. The van der Waals surface area contributed by atoms with Crippen molar-refractivity contribution in [3.05, 3.63) is 12.2 Å². The lowest BCUT2D eigenvalue weighted by Gasteiger charge is -2.19. The Morgan fingerprint density at radius 1 is 1.35 bits per heavy atom. The van der Waals surface area contributed by atoms with Crippen molar-refractivity contribution < 1.29 is 14.7 Å². The average Bonchev–Trinajstić information content (AvgIpc) is 2.83. The standard InChI is InChI=1S/C12H18N2O3/c1-7-5-14(6-10(7)12(16)17)11(15)8-2-3-9(13)4-8/h2-3,7-10H,4-6,13H2,1H3,(H,16,17)/t7-,8?,9?,10-/m1/s1. The molecule has 1 fully saturated rings. The second-order valence-corrected chi connectivity index (χ2v) is 5.06. The third-order valence-corrected chi connectivity index (χ3v) is 3.68. The summed E-state index contributed by atoms with van der Waals surface area (Å²) in [6.45, 7) is 2.74. The highest BCUT2D eigenvalue weighted by atomic mass is 16.4. The lowest BCUT2D eigenvalue weighted by Crippen LogP contribution is -2.35. The summed E-state index contributed by atoms with van der Waals surface area (Å²) in [7, 11) is 0. The Kier molecular flexibility index (Phi) is 3.19. The van der Waals surface area contributed by atoms with Crippen molar-refractivity contribution >= 4 is 11.9 Å². The number of nitrogens with two attached hydrogens (primary N) is 1. The Morgan fingerprint density at radius 3 is 2.53 bits per heavy atom. The molecule has 0 spiro atoms. The van der Waals surface area contributed by atoms with Crippen molar-refractivity contribution in [1.29, 1.82) is 0 Å². The molecule has 94 valence electrons. The van der Waals surface area contributed by atoms with E-state index in [-0.39, 0.29) is 23.8 Å². The van der Waals surface area contributed by atoms with Gasteiger partial charge < -0.3 is 15.7 Å². The zero-order valence-electron chi connectivity index (χ0n) is 9.87. The molecule has 0 aromatic rings. The van der Waals surface area contributed by atoms with Crippen LogP contribution < -0.4 is 5.73 Å². The molecular weight excluding hydrogens is 220 g/mol. The maximum absolute atomic E-state index is 12.1. The van der Waals surface area contributed by atoms with Crippen LogP contribution >= 0.6 is 0 Å². The quantitative estimate of drug-likeness (QED) is 0.667. The van der Waals surface area contributed by atoms with Crippen LogP contribution in [0.15, 0.2) is 12.2 Å². The minimum Gasteiger partial charge on any atom is -0.481 e. The summed E-state index contributed by atoms with van der Waals surface area (Å²) < 4.78 is 0. The minimum atomic E-state index is -0.813. The fourth-order valence-electron chi connectivity index (χ4n) is 2.61. The summed E-state index contributed by atoms with van der Waals surface area (Å²) >= 11 is 0. The zero-order chi connectivity index (χ0) is 12.6. The van der Waals surface area contributed by atoms with Gasteiger partial charge in [0.1, 0.15) is 0 Å². The first kappa shape index (κ1) is 12.1. The molecule has 5 heteroatoms. The molecule has 0 aromatic carbocycles. The monoisotopic (exact) mass is 238 g/mol. The van der Waals surface area contributed by atoms with Gasteiger partial charge in [0.25, 0.3) is 0 Å². The lowest BCUT2D eigenvalue weighted by molar-refractivity contribution is -0.142. The van der Waals surface area contributed by atoms with Gasteiger partial charge in [0.15, 0.2) is 0 Å². The minimum absolute atomic E-state index is 0.0183. The first-order chi connectivity index (χ1) is 7.99. The topological polar surface area (TPSA) is 83.6 Å². The van der Waals surface area contributed by atoms with Gasteiger partial charge in [-0.05, 0) is 12.3 Å². The Hall–Kier alpha value is -1.36. The van der Waals surface area contributed by atoms with E-state index in [9.17, 15) is 9.59 Å². The van der Waals surface area contributed by atoms with Crippen LogP contribution in [0.4, 0.5) is 0 Å². The van der Waals surface area contributed by atoms with Crippen molar-refractivity contribution in [2.24, 2.45) is 23.5 Å². The number of likely N-dealkylation sites (tertiary alicyclic amines) is 1. The summed E-state index contributed by atoms with van der Waals surface area (Å²) in [5.74, 6) is -1.37. The maximum atomic E-state index is 12.1. The number of hydrogen-bond donors (Lipinski definition) is 2. The second-order valence-electron chi connectivity index (χ2n) is 5.06. The summed E-state index contributed by atoms with van der Waals surface area (Å²) in [6, 6.07) is -0.0424. The SMILES string of the molecule is C[C@@H]1CN(C(=O)C2C=CC(N)C2)C[C@H]1C(=O)O. The summed E-state index contributed by atoms with van der Waals surface area (Å²) in [5, 5.41) is 9.02. The molecule has 0 bridgehead atoms. The normalized spacial score (nSPS) is 36.5. The molecule has 5 nitrogen and oxygen atoms in total. The number of carboxylic acid groups (broad SMARTS) is 1. The van der Waals surface area contributed by atoms with E-state index < -0.39 is 11.9 Å². The first-order valence-electron chi connectivity index (χ1n) is 5.94. The Morgan fingerprint density at radius 2 is 2.06 bits per heavy atom. The zero-order valence-corrected chi connectivity index (χ0v) is 9.87. The van der Waals surface area contributed by atoms with Gasteiger partial charge in [-0.25, -0.2) is 0 Å². The Balaban J connectivity index is 1.98.